The predicted octanol–water partition coefficient (Wildman–Crippen LogP) is 1.74. The standard InChI is InChI=1S/C14H21N3O/c1-17(14(15)18)13-6-4-11(5-7-13)9-12-3-2-8-16-10-12/h4-7,12,16H,2-3,8-10H2,1H3,(H2,15,18). The fraction of sp³-hybridized carbons (Fsp3) is 0.500. The van der Waals surface area contributed by atoms with Gasteiger partial charge in [0.05, 0.1) is 0 Å². The van der Waals surface area contributed by atoms with Crippen LogP contribution >= 0.6 is 0 Å². The lowest BCUT2D eigenvalue weighted by atomic mass is 9.92. The largest absolute Gasteiger partial charge is 0.351 e. The molecule has 4 nitrogen and oxygen atoms in total. The summed E-state index contributed by atoms with van der Waals surface area (Å²) in [6, 6.07) is 7.65. The lowest BCUT2D eigenvalue weighted by Gasteiger charge is -2.23. The van der Waals surface area contributed by atoms with Gasteiger partial charge in [0.15, 0.2) is 0 Å². The Bertz CT molecular complexity index is 396. The maximum Gasteiger partial charge on any atom is 0.318 e. The highest BCUT2D eigenvalue weighted by atomic mass is 16.2. The summed E-state index contributed by atoms with van der Waals surface area (Å²) in [5.41, 5.74) is 7.40. The SMILES string of the molecule is CN(C(N)=O)c1ccc(CC2CCCNC2)cc1. The minimum Gasteiger partial charge on any atom is -0.351 e. The Morgan fingerprint density at radius 1 is 1.44 bits per heavy atom. The molecule has 1 atom stereocenters. The first-order chi connectivity index (χ1) is 8.66. The molecule has 1 fully saturated rings. The number of nitrogens with one attached hydrogen (secondary N) is 1. The lowest BCUT2D eigenvalue weighted by Crippen LogP contribution is -2.32. The van der Waals surface area contributed by atoms with Gasteiger partial charge in [0, 0.05) is 12.7 Å². The third kappa shape index (κ3) is 3.23. The van der Waals surface area contributed by atoms with Gasteiger partial charge in [0.25, 0.3) is 0 Å². The summed E-state index contributed by atoms with van der Waals surface area (Å²) in [6.45, 7) is 2.27. The molecule has 0 aliphatic carbocycles. The molecule has 3 N–H and O–H groups in total. The molecule has 18 heavy (non-hydrogen) atoms. The number of nitrogens with two attached hydrogens (primary N) is 1. The molecule has 0 spiro atoms. The molecule has 0 aromatic heterocycles. The zero-order valence-electron chi connectivity index (χ0n) is 10.9. The van der Waals surface area contributed by atoms with E-state index >= 15 is 0 Å². The number of nitrogens with zero attached hydrogens (tertiary/aromatic N) is 1. The molecule has 0 saturated carbocycles. The van der Waals surface area contributed by atoms with Crippen LogP contribution in [0.2, 0.25) is 0 Å². The molecule has 1 aliphatic rings. The number of carbonyl (C=O) groups is 1. The van der Waals surface area contributed by atoms with Gasteiger partial charge in [-0.3, -0.25) is 4.90 Å². The van der Waals surface area contributed by atoms with Gasteiger partial charge < -0.3 is 11.1 Å². The van der Waals surface area contributed by atoms with Crippen molar-refractivity contribution in [1.29, 1.82) is 0 Å². The molecular formula is C14H21N3O. The molecule has 98 valence electrons. The van der Waals surface area contributed by atoms with Crippen molar-refractivity contribution < 1.29 is 4.79 Å². The number of piperidine rings is 1. The molecule has 4 heteroatoms. The van der Waals surface area contributed by atoms with Crippen molar-refractivity contribution in [2.45, 2.75) is 19.3 Å². The summed E-state index contributed by atoms with van der Waals surface area (Å²) in [7, 11) is 1.68. The first-order valence-corrected chi connectivity index (χ1v) is 6.49. The van der Waals surface area contributed by atoms with Crippen molar-refractivity contribution >= 4 is 11.7 Å². The number of benzene rings is 1. The van der Waals surface area contributed by atoms with Crippen molar-refractivity contribution in [1.82, 2.24) is 5.32 Å². The van der Waals surface area contributed by atoms with Crippen LogP contribution in [0.25, 0.3) is 0 Å². The number of urea groups is 1. The Labute approximate surface area is 108 Å². The van der Waals surface area contributed by atoms with Crippen molar-refractivity contribution in [3.05, 3.63) is 29.8 Å². The van der Waals surface area contributed by atoms with Gasteiger partial charge in [-0.15, -0.1) is 0 Å². The Hall–Kier alpha value is -1.55. The molecule has 0 radical (unpaired) electrons. The third-order valence-corrected chi connectivity index (χ3v) is 3.58. The van der Waals surface area contributed by atoms with Gasteiger partial charge in [0.2, 0.25) is 0 Å². The fourth-order valence-electron chi connectivity index (χ4n) is 2.41. The highest BCUT2D eigenvalue weighted by Crippen LogP contribution is 2.19. The normalized spacial score (nSPS) is 19.5. The summed E-state index contributed by atoms with van der Waals surface area (Å²) in [6.07, 6.45) is 3.68. The smallest absolute Gasteiger partial charge is 0.318 e. The Kier molecular flexibility index (Phi) is 4.20. The zero-order chi connectivity index (χ0) is 13.0. The van der Waals surface area contributed by atoms with Gasteiger partial charge in [-0.25, -0.2) is 4.79 Å². The van der Waals surface area contributed by atoms with Crippen LogP contribution in [0.15, 0.2) is 24.3 Å². The predicted molar refractivity (Wildman–Crippen MR) is 73.7 cm³/mol. The van der Waals surface area contributed by atoms with Gasteiger partial charge >= 0.3 is 6.03 Å². The zero-order valence-corrected chi connectivity index (χ0v) is 10.9. The molecule has 1 saturated heterocycles. The topological polar surface area (TPSA) is 58.4 Å². The van der Waals surface area contributed by atoms with E-state index in [9.17, 15) is 4.79 Å². The van der Waals surface area contributed by atoms with E-state index in [-0.39, 0.29) is 0 Å². The van der Waals surface area contributed by atoms with Crippen molar-refractivity contribution in [3.63, 3.8) is 0 Å². The van der Waals surface area contributed by atoms with Crippen LogP contribution in [0.4, 0.5) is 10.5 Å². The highest BCUT2D eigenvalue weighted by Gasteiger charge is 2.13. The van der Waals surface area contributed by atoms with Crippen LogP contribution in [0, 0.1) is 5.92 Å². The lowest BCUT2D eigenvalue weighted by molar-refractivity contribution is 0.255. The van der Waals surface area contributed by atoms with E-state index in [0.717, 1.165) is 31.1 Å². The molecule has 1 aromatic rings. The second-order valence-electron chi connectivity index (χ2n) is 4.98. The molecule has 2 amide bonds. The minimum atomic E-state index is -0.431. The number of hydrogen-bond donors (Lipinski definition) is 2. The van der Waals surface area contributed by atoms with Gasteiger partial charge in [-0.05, 0) is 56.0 Å². The molecule has 1 unspecified atom stereocenters. The van der Waals surface area contributed by atoms with Crippen molar-refractivity contribution in [2.24, 2.45) is 11.7 Å². The number of anilines is 1. The van der Waals surface area contributed by atoms with E-state index in [4.69, 9.17) is 5.73 Å². The monoisotopic (exact) mass is 247 g/mol. The average Bonchev–Trinajstić information content (AvgIpc) is 2.40. The summed E-state index contributed by atoms with van der Waals surface area (Å²) in [5.74, 6) is 0.735. The van der Waals surface area contributed by atoms with Crippen molar-refractivity contribution in [3.8, 4) is 0 Å². The second kappa shape index (κ2) is 5.87. The number of rotatable bonds is 3. The van der Waals surface area contributed by atoms with E-state index in [0.29, 0.717) is 0 Å². The first-order valence-electron chi connectivity index (χ1n) is 6.49. The summed E-state index contributed by atoms with van der Waals surface area (Å²) < 4.78 is 0. The summed E-state index contributed by atoms with van der Waals surface area (Å²) in [4.78, 5) is 12.5. The minimum absolute atomic E-state index is 0.431. The highest BCUT2D eigenvalue weighted by molar-refractivity contribution is 5.89. The number of carbonyl (C=O) groups excluding carboxylic acids is 1. The van der Waals surface area contributed by atoms with E-state index in [2.05, 4.69) is 17.4 Å². The molecule has 1 aliphatic heterocycles. The second-order valence-corrected chi connectivity index (χ2v) is 4.98. The van der Waals surface area contributed by atoms with Crippen LogP contribution in [0.3, 0.4) is 0 Å². The van der Waals surface area contributed by atoms with Crippen LogP contribution in [-0.4, -0.2) is 26.2 Å². The quantitative estimate of drug-likeness (QED) is 0.855. The van der Waals surface area contributed by atoms with Gasteiger partial charge in [0.1, 0.15) is 0 Å². The van der Waals surface area contributed by atoms with E-state index in [1.54, 1.807) is 7.05 Å². The van der Waals surface area contributed by atoms with Crippen molar-refractivity contribution in [2.75, 3.05) is 25.0 Å². The Balaban J connectivity index is 1.96. The van der Waals surface area contributed by atoms with Crippen LogP contribution in [0.1, 0.15) is 18.4 Å². The van der Waals surface area contributed by atoms with E-state index in [1.807, 2.05) is 12.1 Å². The molecule has 1 heterocycles. The van der Waals surface area contributed by atoms with E-state index < -0.39 is 6.03 Å². The number of primary amides is 1. The third-order valence-electron chi connectivity index (χ3n) is 3.58. The van der Waals surface area contributed by atoms with Gasteiger partial charge in [-0.2, -0.15) is 0 Å². The number of amides is 2. The van der Waals surface area contributed by atoms with E-state index in [1.165, 1.54) is 23.3 Å². The maximum absolute atomic E-state index is 11.0. The van der Waals surface area contributed by atoms with Gasteiger partial charge in [-0.1, -0.05) is 12.1 Å². The first kappa shape index (κ1) is 12.9. The molecule has 0 bridgehead atoms. The average molecular weight is 247 g/mol. The van der Waals surface area contributed by atoms with Crippen LogP contribution in [-0.2, 0) is 6.42 Å². The summed E-state index contributed by atoms with van der Waals surface area (Å²) >= 11 is 0. The molecule has 2 rings (SSSR count). The van der Waals surface area contributed by atoms with Crippen LogP contribution < -0.4 is 16.0 Å². The maximum atomic E-state index is 11.0. The van der Waals surface area contributed by atoms with Crippen LogP contribution in [0.5, 0.6) is 0 Å². The molecule has 1 aromatic carbocycles. The Morgan fingerprint density at radius 3 is 2.72 bits per heavy atom. The Morgan fingerprint density at radius 2 is 2.17 bits per heavy atom. The molecular weight excluding hydrogens is 226 g/mol. The fourth-order valence-corrected chi connectivity index (χ4v) is 2.41. The summed E-state index contributed by atoms with van der Waals surface area (Å²) in [5, 5.41) is 3.43. The number of hydrogen-bond acceptors (Lipinski definition) is 2.